The van der Waals surface area contributed by atoms with Crippen LogP contribution >= 0.6 is 11.8 Å². The molecule has 0 saturated carbocycles. The van der Waals surface area contributed by atoms with E-state index in [1.807, 2.05) is 36.4 Å². The van der Waals surface area contributed by atoms with Crippen LogP contribution in [0.3, 0.4) is 0 Å². The van der Waals surface area contributed by atoms with E-state index < -0.39 is 5.41 Å². The average molecular weight is 449 g/mol. The summed E-state index contributed by atoms with van der Waals surface area (Å²) < 4.78 is 33.0. The topological polar surface area (TPSA) is 9.23 Å². The fourth-order valence-corrected chi connectivity index (χ4v) is 4.33. The molecule has 1 unspecified atom stereocenters. The Balaban J connectivity index is 1.63. The fourth-order valence-electron chi connectivity index (χ4n) is 3.43. The molecule has 0 aliphatic rings. The first-order chi connectivity index (χ1) is 15.4. The van der Waals surface area contributed by atoms with Crippen LogP contribution in [0, 0.1) is 24.0 Å². The number of halogens is 2. The number of aryl methyl sites for hydroxylation is 1. The second-order valence-electron chi connectivity index (χ2n) is 7.77. The molecule has 0 radical (unpaired) electrons. The van der Waals surface area contributed by atoms with Crippen LogP contribution in [0.25, 0.3) is 0 Å². The Labute approximate surface area is 193 Å². The summed E-state index contributed by atoms with van der Waals surface area (Å²) in [4.78, 5) is 1.33. The molecular weight excluding hydrogens is 422 g/mol. The van der Waals surface area contributed by atoms with E-state index in [0.717, 1.165) is 41.0 Å². The molecule has 3 aromatic rings. The van der Waals surface area contributed by atoms with Crippen molar-refractivity contribution < 1.29 is 13.5 Å². The van der Waals surface area contributed by atoms with Crippen molar-refractivity contribution in [3.63, 3.8) is 0 Å². The van der Waals surface area contributed by atoms with Crippen LogP contribution in [0.4, 0.5) is 8.78 Å². The Morgan fingerprint density at radius 3 is 2.44 bits per heavy atom. The summed E-state index contributed by atoms with van der Waals surface area (Å²) in [5, 5.41) is 0. The molecule has 3 rings (SSSR count). The fraction of sp³-hybridized carbons (Fsp3) is 0.214. The third-order valence-electron chi connectivity index (χ3n) is 5.36. The molecule has 4 heteroatoms. The van der Waals surface area contributed by atoms with Crippen LogP contribution in [-0.2, 0) is 11.8 Å². The maximum Gasteiger partial charge on any atom is 0.137 e. The molecule has 0 spiro atoms. The molecule has 32 heavy (non-hydrogen) atoms. The van der Waals surface area contributed by atoms with Gasteiger partial charge in [0.2, 0.25) is 0 Å². The smallest absolute Gasteiger partial charge is 0.137 e. The predicted octanol–water partition coefficient (Wildman–Crippen LogP) is 7.59. The summed E-state index contributed by atoms with van der Waals surface area (Å²) in [6.45, 7) is 6.18. The first kappa shape index (κ1) is 23.6. The van der Waals surface area contributed by atoms with Crippen molar-refractivity contribution in [2.45, 2.75) is 41.4 Å². The Morgan fingerprint density at radius 2 is 1.78 bits per heavy atom. The maximum atomic E-state index is 14.3. The van der Waals surface area contributed by atoms with Gasteiger partial charge in [0, 0.05) is 9.79 Å². The van der Waals surface area contributed by atoms with Gasteiger partial charge in [0.05, 0.1) is 5.41 Å². The minimum atomic E-state index is -0.400. The van der Waals surface area contributed by atoms with E-state index in [2.05, 4.69) is 19.4 Å². The van der Waals surface area contributed by atoms with Crippen LogP contribution in [0.5, 0.6) is 5.75 Å². The Hall–Kier alpha value is -3.03. The van der Waals surface area contributed by atoms with Crippen LogP contribution in [-0.4, -0.2) is 6.61 Å². The molecule has 0 saturated heterocycles. The van der Waals surface area contributed by atoms with Gasteiger partial charge in [0.15, 0.2) is 0 Å². The molecule has 3 aromatic carbocycles. The number of benzene rings is 3. The van der Waals surface area contributed by atoms with Gasteiger partial charge >= 0.3 is 0 Å². The zero-order valence-electron chi connectivity index (χ0n) is 18.1. The molecule has 0 heterocycles. The van der Waals surface area contributed by atoms with Gasteiger partial charge in [0.25, 0.3) is 0 Å². The third-order valence-corrected chi connectivity index (χ3v) is 6.40. The summed E-state index contributed by atoms with van der Waals surface area (Å²) in [5.41, 5.74) is 1.71. The lowest BCUT2D eigenvalue weighted by Crippen LogP contribution is -2.19. The highest BCUT2D eigenvalue weighted by molar-refractivity contribution is 7.99. The molecule has 1 nitrogen and oxygen atoms in total. The standard InChI is InChI=1S/C28H26F2OS/c1-4-19-31-24-13-9-22(10-14-24)28(3,5-2)18-6-7-21-8-17-26(30)27(20-21)32-25-15-11-23(29)12-16-25/h2,4,8-17,20H,1,6-7,18-19H2,3H3. The summed E-state index contributed by atoms with van der Waals surface area (Å²) in [6.07, 6.45) is 10.1. The summed E-state index contributed by atoms with van der Waals surface area (Å²) in [7, 11) is 0. The van der Waals surface area contributed by atoms with Crippen LogP contribution < -0.4 is 4.74 Å². The highest BCUT2D eigenvalue weighted by Crippen LogP contribution is 2.33. The molecule has 0 N–H and O–H groups in total. The SMILES string of the molecule is C#CC(C)(CCCc1ccc(F)c(Sc2ccc(F)cc2)c1)c1ccc(OCC=C)cc1. The van der Waals surface area contributed by atoms with Gasteiger partial charge in [-0.25, -0.2) is 8.78 Å². The molecule has 0 fully saturated rings. The minimum absolute atomic E-state index is 0.282. The molecule has 1 atom stereocenters. The van der Waals surface area contributed by atoms with Crippen molar-refractivity contribution in [1.29, 1.82) is 0 Å². The number of ether oxygens (including phenoxy) is 1. The Bertz CT molecular complexity index is 1080. The molecule has 0 aromatic heterocycles. The number of terminal acetylenes is 1. The van der Waals surface area contributed by atoms with Crippen LogP contribution in [0.15, 0.2) is 89.2 Å². The third kappa shape index (κ3) is 6.24. The van der Waals surface area contributed by atoms with Crippen molar-refractivity contribution in [2.24, 2.45) is 0 Å². The quantitative estimate of drug-likeness (QED) is 0.233. The lowest BCUT2D eigenvalue weighted by molar-refractivity contribution is 0.363. The lowest BCUT2D eigenvalue weighted by atomic mass is 9.78. The van der Waals surface area contributed by atoms with E-state index in [1.165, 1.54) is 30.0 Å². The summed E-state index contributed by atoms with van der Waals surface area (Å²) >= 11 is 1.29. The van der Waals surface area contributed by atoms with Gasteiger partial charge in [-0.05, 0) is 85.8 Å². The highest BCUT2D eigenvalue weighted by Gasteiger charge is 2.23. The summed E-state index contributed by atoms with van der Waals surface area (Å²) in [5.74, 6) is 3.14. The average Bonchev–Trinajstić information content (AvgIpc) is 2.81. The maximum absolute atomic E-state index is 14.3. The van der Waals surface area contributed by atoms with Gasteiger partial charge in [-0.1, -0.05) is 48.5 Å². The van der Waals surface area contributed by atoms with E-state index in [-0.39, 0.29) is 11.6 Å². The van der Waals surface area contributed by atoms with E-state index in [4.69, 9.17) is 11.2 Å². The van der Waals surface area contributed by atoms with Gasteiger partial charge in [0.1, 0.15) is 24.0 Å². The zero-order chi connectivity index (χ0) is 23.0. The molecule has 164 valence electrons. The Morgan fingerprint density at radius 1 is 1.06 bits per heavy atom. The second kappa shape index (κ2) is 11.0. The van der Waals surface area contributed by atoms with E-state index >= 15 is 0 Å². The van der Waals surface area contributed by atoms with Gasteiger partial charge in [-0.3, -0.25) is 0 Å². The number of hydrogen-bond acceptors (Lipinski definition) is 2. The van der Waals surface area contributed by atoms with Crippen molar-refractivity contribution in [3.05, 3.63) is 102 Å². The van der Waals surface area contributed by atoms with Crippen molar-refractivity contribution in [1.82, 2.24) is 0 Å². The molecule has 0 aliphatic carbocycles. The molecule has 0 amide bonds. The monoisotopic (exact) mass is 448 g/mol. The zero-order valence-corrected chi connectivity index (χ0v) is 18.9. The van der Waals surface area contributed by atoms with Crippen molar-refractivity contribution in [2.75, 3.05) is 6.61 Å². The number of hydrogen-bond donors (Lipinski definition) is 0. The normalized spacial score (nSPS) is 12.6. The Kier molecular flexibility index (Phi) is 8.14. The van der Waals surface area contributed by atoms with Crippen LogP contribution in [0.2, 0.25) is 0 Å². The molecular formula is C28H26F2OS. The first-order valence-electron chi connectivity index (χ1n) is 10.5. The van der Waals surface area contributed by atoms with Crippen LogP contribution in [0.1, 0.15) is 30.9 Å². The molecule has 0 aliphatic heterocycles. The van der Waals surface area contributed by atoms with E-state index in [1.54, 1.807) is 18.2 Å². The largest absolute Gasteiger partial charge is 0.490 e. The van der Waals surface area contributed by atoms with Gasteiger partial charge in [-0.15, -0.1) is 6.42 Å². The van der Waals surface area contributed by atoms with Crippen molar-refractivity contribution in [3.8, 4) is 18.1 Å². The van der Waals surface area contributed by atoms with Gasteiger partial charge < -0.3 is 4.74 Å². The second-order valence-corrected chi connectivity index (χ2v) is 8.89. The number of rotatable bonds is 10. The van der Waals surface area contributed by atoms with Crippen molar-refractivity contribution >= 4 is 11.8 Å². The lowest BCUT2D eigenvalue weighted by Gasteiger charge is -2.24. The molecule has 0 bridgehead atoms. The summed E-state index contributed by atoms with van der Waals surface area (Å²) in [6, 6.07) is 19.1. The highest BCUT2D eigenvalue weighted by atomic mass is 32.2. The first-order valence-corrected chi connectivity index (χ1v) is 11.3. The van der Waals surface area contributed by atoms with E-state index in [0.29, 0.717) is 11.5 Å². The minimum Gasteiger partial charge on any atom is -0.490 e. The predicted molar refractivity (Wildman–Crippen MR) is 128 cm³/mol. The van der Waals surface area contributed by atoms with E-state index in [9.17, 15) is 8.78 Å². The van der Waals surface area contributed by atoms with Gasteiger partial charge in [-0.2, -0.15) is 0 Å².